The second-order valence-electron chi connectivity index (χ2n) is 4.45. The minimum Gasteiger partial charge on any atom is -0.497 e. The predicted molar refractivity (Wildman–Crippen MR) is 91.6 cm³/mol. The van der Waals surface area contributed by atoms with Crippen molar-refractivity contribution in [3.63, 3.8) is 0 Å². The van der Waals surface area contributed by atoms with Gasteiger partial charge in [0.15, 0.2) is 0 Å². The summed E-state index contributed by atoms with van der Waals surface area (Å²) >= 11 is 3.25. The minimum atomic E-state index is 0.0476. The van der Waals surface area contributed by atoms with E-state index in [4.69, 9.17) is 9.15 Å². The number of carbonyl (C=O) groups excluding carboxylic acids is 1. The van der Waals surface area contributed by atoms with Crippen molar-refractivity contribution in [3.8, 4) is 5.75 Å². The molecule has 1 N–H and O–H groups in total. The average molecular weight is 337 g/mol. The molecule has 0 aliphatic rings. The van der Waals surface area contributed by atoms with Crippen LogP contribution in [-0.4, -0.2) is 31.1 Å². The van der Waals surface area contributed by atoms with Gasteiger partial charge in [-0.2, -0.15) is 11.8 Å². The quantitative estimate of drug-likeness (QED) is 0.561. The molecule has 0 spiro atoms. The maximum absolute atomic E-state index is 11.8. The molecule has 0 aliphatic heterocycles. The SMILES string of the molecule is COc1cccc(SCC(=O)NCCSCc2ccco2)c1. The Morgan fingerprint density at radius 2 is 2.23 bits per heavy atom. The minimum absolute atomic E-state index is 0.0476. The smallest absolute Gasteiger partial charge is 0.230 e. The molecule has 1 amide bonds. The summed E-state index contributed by atoms with van der Waals surface area (Å²) in [5, 5.41) is 2.92. The standard InChI is InChI=1S/C16H19NO3S2/c1-19-13-4-2-6-15(10-13)22-12-16(18)17-7-9-21-11-14-5-3-8-20-14/h2-6,8,10H,7,9,11-12H2,1H3,(H,17,18). The molecule has 4 nitrogen and oxygen atoms in total. The first kappa shape index (κ1) is 16.8. The number of carbonyl (C=O) groups is 1. The highest BCUT2D eigenvalue weighted by molar-refractivity contribution is 8.00. The molecule has 0 bridgehead atoms. The van der Waals surface area contributed by atoms with Gasteiger partial charge in [0, 0.05) is 17.2 Å². The highest BCUT2D eigenvalue weighted by atomic mass is 32.2. The molecule has 1 aromatic heterocycles. The van der Waals surface area contributed by atoms with Crippen molar-refractivity contribution in [2.24, 2.45) is 0 Å². The highest BCUT2D eigenvalue weighted by Gasteiger charge is 2.03. The fraction of sp³-hybridized carbons (Fsp3) is 0.312. The summed E-state index contributed by atoms with van der Waals surface area (Å²) < 4.78 is 10.4. The second-order valence-corrected chi connectivity index (χ2v) is 6.60. The third-order valence-electron chi connectivity index (χ3n) is 2.80. The second kappa shape index (κ2) is 9.48. The molecular formula is C16H19NO3S2. The van der Waals surface area contributed by atoms with Crippen LogP contribution in [0.25, 0.3) is 0 Å². The summed E-state index contributed by atoms with van der Waals surface area (Å²) in [6.07, 6.45) is 1.67. The van der Waals surface area contributed by atoms with Gasteiger partial charge in [-0.15, -0.1) is 11.8 Å². The molecule has 1 aromatic carbocycles. The highest BCUT2D eigenvalue weighted by Crippen LogP contribution is 2.22. The van der Waals surface area contributed by atoms with Gasteiger partial charge in [-0.25, -0.2) is 0 Å². The van der Waals surface area contributed by atoms with Gasteiger partial charge >= 0.3 is 0 Å². The molecule has 0 saturated heterocycles. The van der Waals surface area contributed by atoms with E-state index < -0.39 is 0 Å². The number of hydrogen-bond acceptors (Lipinski definition) is 5. The molecular weight excluding hydrogens is 318 g/mol. The third-order valence-corrected chi connectivity index (χ3v) is 4.78. The summed E-state index contributed by atoms with van der Waals surface area (Å²) in [7, 11) is 1.64. The van der Waals surface area contributed by atoms with Crippen molar-refractivity contribution in [1.29, 1.82) is 0 Å². The first-order valence-corrected chi connectivity index (χ1v) is 9.05. The number of amides is 1. The molecule has 1 heterocycles. The number of ether oxygens (including phenoxy) is 1. The lowest BCUT2D eigenvalue weighted by molar-refractivity contribution is -0.118. The molecule has 0 radical (unpaired) electrons. The van der Waals surface area contributed by atoms with Gasteiger partial charge in [0.05, 0.1) is 24.9 Å². The number of hydrogen-bond donors (Lipinski definition) is 1. The van der Waals surface area contributed by atoms with E-state index in [0.717, 1.165) is 27.9 Å². The van der Waals surface area contributed by atoms with Crippen molar-refractivity contribution < 1.29 is 13.9 Å². The van der Waals surface area contributed by atoms with Crippen LogP contribution < -0.4 is 10.1 Å². The van der Waals surface area contributed by atoms with Gasteiger partial charge < -0.3 is 14.5 Å². The Balaban J connectivity index is 1.57. The van der Waals surface area contributed by atoms with E-state index in [2.05, 4.69) is 5.32 Å². The zero-order valence-corrected chi connectivity index (χ0v) is 14.0. The van der Waals surface area contributed by atoms with Crippen LogP contribution in [0.1, 0.15) is 5.76 Å². The van der Waals surface area contributed by atoms with Crippen molar-refractivity contribution in [1.82, 2.24) is 5.32 Å². The fourth-order valence-corrected chi connectivity index (χ4v) is 3.25. The van der Waals surface area contributed by atoms with Crippen molar-refractivity contribution in [2.75, 3.05) is 25.2 Å². The van der Waals surface area contributed by atoms with Gasteiger partial charge in [-0.05, 0) is 30.3 Å². The lowest BCUT2D eigenvalue weighted by Gasteiger charge is -2.06. The van der Waals surface area contributed by atoms with Crippen molar-refractivity contribution >= 4 is 29.4 Å². The Kier molecular flexibility index (Phi) is 7.25. The molecule has 118 valence electrons. The molecule has 0 saturated carbocycles. The fourth-order valence-electron chi connectivity index (χ4n) is 1.72. The largest absolute Gasteiger partial charge is 0.497 e. The first-order chi connectivity index (χ1) is 10.8. The summed E-state index contributed by atoms with van der Waals surface area (Å²) in [5.74, 6) is 3.93. The number of rotatable bonds is 9. The molecule has 0 atom stereocenters. The molecule has 2 aromatic rings. The molecule has 0 unspecified atom stereocenters. The van der Waals surface area contributed by atoms with Crippen LogP contribution in [0.4, 0.5) is 0 Å². The van der Waals surface area contributed by atoms with E-state index in [1.54, 1.807) is 25.1 Å². The van der Waals surface area contributed by atoms with Crippen LogP contribution in [0.15, 0.2) is 52.0 Å². The lowest BCUT2D eigenvalue weighted by Crippen LogP contribution is -2.27. The molecule has 0 aliphatic carbocycles. The van der Waals surface area contributed by atoms with Crippen LogP contribution in [0, 0.1) is 0 Å². The molecule has 2 rings (SSSR count). The summed E-state index contributed by atoms with van der Waals surface area (Å²) in [4.78, 5) is 12.8. The van der Waals surface area contributed by atoms with Crippen molar-refractivity contribution in [2.45, 2.75) is 10.6 Å². The number of benzene rings is 1. The predicted octanol–water partition coefficient (Wildman–Crippen LogP) is 3.43. The average Bonchev–Trinajstić information content (AvgIpc) is 3.06. The van der Waals surface area contributed by atoms with Crippen LogP contribution in [-0.2, 0) is 10.5 Å². The van der Waals surface area contributed by atoms with Gasteiger partial charge in [-0.1, -0.05) is 6.07 Å². The van der Waals surface area contributed by atoms with Crippen molar-refractivity contribution in [3.05, 3.63) is 48.4 Å². The van der Waals surface area contributed by atoms with E-state index in [0.29, 0.717) is 12.3 Å². The number of thioether (sulfide) groups is 2. The van der Waals surface area contributed by atoms with Gasteiger partial charge in [0.25, 0.3) is 0 Å². The topological polar surface area (TPSA) is 51.5 Å². The zero-order valence-electron chi connectivity index (χ0n) is 12.4. The third kappa shape index (κ3) is 6.07. The first-order valence-electron chi connectivity index (χ1n) is 6.91. The number of nitrogens with one attached hydrogen (secondary N) is 1. The van der Waals surface area contributed by atoms with E-state index >= 15 is 0 Å². The lowest BCUT2D eigenvalue weighted by atomic mass is 10.3. The van der Waals surface area contributed by atoms with E-state index in [9.17, 15) is 4.79 Å². The summed E-state index contributed by atoms with van der Waals surface area (Å²) in [6.45, 7) is 0.670. The van der Waals surface area contributed by atoms with Crippen LogP contribution in [0.2, 0.25) is 0 Å². The Morgan fingerprint density at radius 3 is 3.00 bits per heavy atom. The maximum atomic E-state index is 11.8. The number of furan rings is 1. The maximum Gasteiger partial charge on any atom is 0.230 e. The van der Waals surface area contributed by atoms with E-state index in [-0.39, 0.29) is 5.91 Å². The molecule has 0 fully saturated rings. The van der Waals surface area contributed by atoms with Crippen LogP contribution >= 0.6 is 23.5 Å². The summed E-state index contributed by atoms with van der Waals surface area (Å²) in [6, 6.07) is 11.5. The normalized spacial score (nSPS) is 10.4. The van der Waals surface area contributed by atoms with Gasteiger partial charge in [-0.3, -0.25) is 4.79 Å². The van der Waals surface area contributed by atoms with Crippen LogP contribution in [0.3, 0.4) is 0 Å². The number of methoxy groups -OCH3 is 1. The van der Waals surface area contributed by atoms with Crippen LogP contribution in [0.5, 0.6) is 5.75 Å². The zero-order chi connectivity index (χ0) is 15.6. The summed E-state index contributed by atoms with van der Waals surface area (Å²) in [5.41, 5.74) is 0. The Bertz CT molecular complexity index is 573. The van der Waals surface area contributed by atoms with Gasteiger partial charge in [0.1, 0.15) is 11.5 Å². The Hall–Kier alpha value is -1.53. The Morgan fingerprint density at radius 1 is 1.32 bits per heavy atom. The van der Waals surface area contributed by atoms with E-state index in [1.165, 1.54) is 11.8 Å². The Labute approximate surface area is 139 Å². The molecule has 6 heteroatoms. The van der Waals surface area contributed by atoms with Gasteiger partial charge in [0.2, 0.25) is 5.91 Å². The molecule has 22 heavy (non-hydrogen) atoms. The van der Waals surface area contributed by atoms with E-state index in [1.807, 2.05) is 36.4 Å². The monoisotopic (exact) mass is 337 g/mol.